The summed E-state index contributed by atoms with van der Waals surface area (Å²) in [7, 11) is 0. The van der Waals surface area contributed by atoms with Crippen LogP contribution >= 0.6 is 0 Å². The maximum absolute atomic E-state index is 12.9. The third-order valence-corrected chi connectivity index (χ3v) is 9.19. The van der Waals surface area contributed by atoms with E-state index in [-0.39, 0.29) is 60.8 Å². The molecule has 0 saturated heterocycles. The van der Waals surface area contributed by atoms with E-state index in [0.29, 0.717) is 32.1 Å². The van der Waals surface area contributed by atoms with Gasteiger partial charge in [0.1, 0.15) is 5.60 Å². The number of ether oxygens (including phenoxy) is 3. The second-order valence-corrected chi connectivity index (χ2v) is 13.7. The molecule has 0 N–H and O–H groups in total. The summed E-state index contributed by atoms with van der Waals surface area (Å²) >= 11 is 0. The molecule has 0 heterocycles. The van der Waals surface area contributed by atoms with Crippen LogP contribution in [0.5, 0.6) is 0 Å². The predicted molar refractivity (Wildman–Crippen MR) is 165 cm³/mol. The largest absolute Gasteiger partial charge is 0.459 e. The zero-order chi connectivity index (χ0) is 34.3. The zero-order valence-electron chi connectivity index (χ0n) is 25.8. The van der Waals surface area contributed by atoms with Crippen LogP contribution in [0.4, 0.5) is 39.5 Å². The molecule has 48 heavy (non-hydrogen) atoms. The predicted octanol–water partition coefficient (Wildman–Crippen LogP) is 10.8. The van der Waals surface area contributed by atoms with Gasteiger partial charge in [0.05, 0.1) is 16.2 Å². The van der Waals surface area contributed by atoms with Gasteiger partial charge in [-0.2, -0.15) is 39.5 Å². The van der Waals surface area contributed by atoms with E-state index in [9.17, 15) is 53.9 Å². The van der Waals surface area contributed by atoms with Gasteiger partial charge in [-0.1, -0.05) is 43.6 Å². The van der Waals surface area contributed by atoms with E-state index in [0.717, 1.165) is 6.92 Å². The summed E-state index contributed by atoms with van der Waals surface area (Å²) in [5, 5.41) is 0. The van der Waals surface area contributed by atoms with E-state index < -0.39 is 70.5 Å². The molecule has 0 aliphatic heterocycles. The molecule has 0 aromatic carbocycles. The molecule has 0 aromatic heterocycles. The topological polar surface area (TPSA) is 78.9 Å². The van der Waals surface area contributed by atoms with Crippen LogP contribution in [-0.4, -0.2) is 54.2 Å². The van der Waals surface area contributed by atoms with Gasteiger partial charge in [0.15, 0.2) is 6.10 Å². The van der Waals surface area contributed by atoms with Gasteiger partial charge in [-0.15, -0.1) is 0 Å². The van der Waals surface area contributed by atoms with Crippen molar-refractivity contribution in [2.75, 3.05) is 0 Å². The first-order valence-electron chi connectivity index (χ1n) is 14.5. The summed E-state index contributed by atoms with van der Waals surface area (Å²) in [6, 6.07) is 0. The summed E-state index contributed by atoms with van der Waals surface area (Å²) < 4.78 is 128. The molecule has 4 aliphatic carbocycles. The third kappa shape index (κ3) is 11.7. The van der Waals surface area contributed by atoms with Gasteiger partial charge in [0, 0.05) is 6.42 Å². The lowest BCUT2D eigenvalue weighted by Crippen LogP contribution is -2.61. The van der Waals surface area contributed by atoms with Crippen molar-refractivity contribution in [3.8, 4) is 0 Å². The number of carbonyl (C=O) groups excluding carboxylic acids is 3. The smallest absolute Gasteiger partial charge is 0.434 e. The summed E-state index contributed by atoms with van der Waals surface area (Å²) in [6.45, 7) is 10.9. The van der Waals surface area contributed by atoms with Gasteiger partial charge in [0.2, 0.25) is 0 Å². The minimum Gasteiger partial charge on any atom is -0.459 e. The second kappa shape index (κ2) is 16.7. The fraction of sp³-hybridized carbons (Fsp3) is 0.909. The normalized spacial score (nSPS) is 25.4. The van der Waals surface area contributed by atoms with Crippen LogP contribution in [-0.2, 0) is 28.6 Å². The maximum Gasteiger partial charge on any atom is 0.434 e. The Morgan fingerprint density at radius 2 is 1.06 bits per heavy atom. The molecular weight excluding hydrogens is 663 g/mol. The van der Waals surface area contributed by atoms with E-state index in [1.165, 1.54) is 0 Å². The van der Waals surface area contributed by atoms with Crippen molar-refractivity contribution in [2.24, 2.45) is 28.1 Å². The Labute approximate surface area is 280 Å². The van der Waals surface area contributed by atoms with E-state index in [1.54, 1.807) is 34.6 Å². The molecule has 15 heteroatoms. The molecule has 4 aliphatic rings. The Bertz CT molecular complexity index is 1040. The first-order chi connectivity index (χ1) is 19.6. The molecule has 4 fully saturated rings. The van der Waals surface area contributed by atoms with Crippen molar-refractivity contribution in [3.63, 3.8) is 0 Å². The van der Waals surface area contributed by atoms with Crippen LogP contribution in [0.1, 0.15) is 130 Å². The first kappa shape index (κ1) is 50.2. The van der Waals surface area contributed by atoms with Gasteiger partial charge in [-0.3, -0.25) is 14.4 Å². The number of carbonyl (C=O) groups is 3. The molecule has 288 valence electrons. The quantitative estimate of drug-likeness (QED) is 0.141. The van der Waals surface area contributed by atoms with Crippen LogP contribution in [0, 0.1) is 28.1 Å². The van der Waals surface area contributed by atoms with Gasteiger partial charge in [0.25, 0.3) is 6.10 Å². The highest BCUT2D eigenvalue weighted by Gasteiger charge is 2.66. The van der Waals surface area contributed by atoms with Gasteiger partial charge in [-0.05, 0) is 91.4 Å². The number of rotatable bonds is 8. The van der Waals surface area contributed by atoms with Gasteiger partial charge >= 0.3 is 36.4 Å². The molecule has 4 saturated carbocycles. The average molecular weight is 721 g/mol. The van der Waals surface area contributed by atoms with Crippen molar-refractivity contribution in [2.45, 2.75) is 166 Å². The Balaban J connectivity index is -0.000000972. The molecule has 0 spiro atoms. The summed E-state index contributed by atoms with van der Waals surface area (Å²) in [5.41, 5.74) is -4.18. The Kier molecular flexibility index (Phi) is 17.4. The molecule has 4 rings (SSSR count). The number of esters is 3. The van der Waals surface area contributed by atoms with Crippen molar-refractivity contribution in [3.05, 3.63) is 0 Å². The average Bonchev–Trinajstić information content (AvgIpc) is 2.84. The van der Waals surface area contributed by atoms with Gasteiger partial charge < -0.3 is 14.2 Å². The molecular formula is C33H57F9O6. The zero-order valence-corrected chi connectivity index (χ0v) is 25.8. The Morgan fingerprint density at radius 1 is 0.667 bits per heavy atom. The molecule has 0 radical (unpaired) electrons. The highest BCUT2D eigenvalue weighted by Crippen LogP contribution is 2.63. The fourth-order valence-electron chi connectivity index (χ4n) is 6.10. The van der Waals surface area contributed by atoms with Crippen LogP contribution < -0.4 is 0 Å². The van der Waals surface area contributed by atoms with Crippen LogP contribution in [0.15, 0.2) is 0 Å². The van der Waals surface area contributed by atoms with Crippen LogP contribution in [0.25, 0.3) is 0 Å². The number of halogens is 9. The van der Waals surface area contributed by atoms with E-state index in [2.05, 4.69) is 9.47 Å². The lowest BCUT2D eigenvalue weighted by molar-refractivity contribution is -0.318. The number of hydrogen-bond donors (Lipinski definition) is 0. The summed E-state index contributed by atoms with van der Waals surface area (Å²) in [4.78, 5) is 36.6. The Hall–Kier alpha value is -2.22. The SMILES string of the molecule is C.C.C.C.CCC(C)(C)C(=O)OC(C)C(F)(F)F.CCC(C)(C)C(=O)OC12CC3CC(C1)CC(C(=O)OC(C(F)(F)F)C(F)(F)F)(C3)C2. The van der Waals surface area contributed by atoms with Crippen molar-refractivity contribution in [1.29, 1.82) is 0 Å². The molecule has 4 bridgehead atoms. The number of hydrogen-bond acceptors (Lipinski definition) is 6. The summed E-state index contributed by atoms with van der Waals surface area (Å²) in [5.74, 6) is -2.99. The maximum atomic E-state index is 12.9. The van der Waals surface area contributed by atoms with E-state index >= 15 is 0 Å². The minimum absolute atomic E-state index is 0. The standard InChI is InChI=1S/C20H26F6O4.C9H15F3O2.4CH4/c1-4-16(2,3)14(27)30-18-8-11-5-12(9-18)7-17(6-11,10-18)15(28)29-13(19(21,22)23)20(24,25)26;1-5-8(3,4)7(13)14-6(2)9(10,11)12;;;;/h11-13H,4-10H2,1-3H3;6H,5H2,1-4H3;4*1H4. The highest BCUT2D eigenvalue weighted by molar-refractivity contribution is 5.79. The fourth-order valence-corrected chi connectivity index (χ4v) is 6.10. The van der Waals surface area contributed by atoms with Crippen molar-refractivity contribution >= 4 is 17.9 Å². The first-order valence-corrected chi connectivity index (χ1v) is 14.5. The lowest BCUT2D eigenvalue weighted by atomic mass is 9.48. The Morgan fingerprint density at radius 3 is 1.42 bits per heavy atom. The summed E-state index contributed by atoms with van der Waals surface area (Å²) in [6.07, 6.45) is -19.4. The molecule has 0 amide bonds. The van der Waals surface area contributed by atoms with Gasteiger partial charge in [-0.25, -0.2) is 0 Å². The van der Waals surface area contributed by atoms with Crippen molar-refractivity contribution in [1.82, 2.24) is 0 Å². The molecule has 3 atom stereocenters. The molecule has 6 nitrogen and oxygen atoms in total. The monoisotopic (exact) mass is 720 g/mol. The van der Waals surface area contributed by atoms with Crippen molar-refractivity contribution < 1.29 is 68.1 Å². The van der Waals surface area contributed by atoms with E-state index in [4.69, 9.17) is 4.74 Å². The van der Waals surface area contributed by atoms with Crippen LogP contribution in [0.3, 0.4) is 0 Å². The lowest BCUT2D eigenvalue weighted by Gasteiger charge is -2.60. The second-order valence-electron chi connectivity index (χ2n) is 13.7. The number of alkyl halides is 9. The highest BCUT2D eigenvalue weighted by atomic mass is 19.4. The van der Waals surface area contributed by atoms with Crippen LogP contribution in [0.2, 0.25) is 0 Å². The third-order valence-electron chi connectivity index (χ3n) is 9.19. The molecule has 0 aromatic rings. The minimum atomic E-state index is -5.76. The molecule has 3 unspecified atom stereocenters. The van der Waals surface area contributed by atoms with E-state index in [1.807, 2.05) is 6.92 Å².